The molecule has 0 radical (unpaired) electrons. The van der Waals surface area contributed by atoms with Crippen molar-refractivity contribution in [1.29, 1.82) is 0 Å². The number of ether oxygens (including phenoxy) is 1. The van der Waals surface area contributed by atoms with Crippen LogP contribution >= 0.6 is 15.9 Å². The summed E-state index contributed by atoms with van der Waals surface area (Å²) in [5.41, 5.74) is -0.926. The summed E-state index contributed by atoms with van der Waals surface area (Å²) in [6.07, 6.45) is 0.0542. The van der Waals surface area contributed by atoms with E-state index in [1.165, 1.54) is 13.1 Å². The number of halogens is 2. The Bertz CT molecular complexity index is 770. The summed E-state index contributed by atoms with van der Waals surface area (Å²) in [7, 11) is -2.22. The molecule has 0 aromatic heterocycles. The van der Waals surface area contributed by atoms with Gasteiger partial charge in [-0.1, -0.05) is 22.5 Å². The van der Waals surface area contributed by atoms with Crippen molar-refractivity contribution >= 4 is 26.0 Å². The third-order valence-corrected chi connectivity index (χ3v) is 7.38. The Morgan fingerprint density at radius 2 is 2.22 bits per heavy atom. The van der Waals surface area contributed by atoms with Crippen LogP contribution in [0.2, 0.25) is 0 Å². The molecule has 1 aromatic carbocycles. The Balaban J connectivity index is 2.24. The van der Waals surface area contributed by atoms with Crippen molar-refractivity contribution in [2.24, 2.45) is 0 Å². The molecule has 2 aliphatic heterocycles. The number of sulfonamides is 1. The van der Waals surface area contributed by atoms with E-state index in [-0.39, 0.29) is 30.5 Å². The fourth-order valence-electron chi connectivity index (χ4n) is 3.27. The first-order valence-electron chi connectivity index (χ1n) is 7.20. The van der Waals surface area contributed by atoms with Gasteiger partial charge in [-0.15, -0.1) is 0 Å². The molecule has 2 aliphatic rings. The lowest BCUT2D eigenvalue weighted by molar-refractivity contribution is -0.0337. The molecule has 0 bridgehead atoms. The van der Waals surface area contributed by atoms with Gasteiger partial charge >= 0.3 is 0 Å². The summed E-state index contributed by atoms with van der Waals surface area (Å²) in [6, 6.07) is 4.50. The molecule has 2 heterocycles. The fraction of sp³-hybridized carbons (Fsp3) is 0.467. The molecule has 1 aromatic rings. The number of rotatable bonds is 1. The predicted octanol–water partition coefficient (Wildman–Crippen LogP) is 2.30. The normalized spacial score (nSPS) is 33.0. The zero-order valence-electron chi connectivity index (χ0n) is 12.8. The lowest BCUT2D eigenvalue weighted by Gasteiger charge is -2.52. The molecule has 0 saturated carbocycles. The number of benzene rings is 1. The first-order chi connectivity index (χ1) is 10.7. The molecular formula is C15H18BrFN2O3S. The number of hydrogen-bond donors (Lipinski definition) is 1. The Labute approximate surface area is 143 Å². The van der Waals surface area contributed by atoms with Gasteiger partial charge in [-0.2, -0.15) is 0 Å². The highest BCUT2D eigenvalue weighted by Gasteiger charge is 2.57. The molecule has 2 fully saturated rings. The van der Waals surface area contributed by atoms with Crippen LogP contribution in [0.25, 0.3) is 0 Å². The van der Waals surface area contributed by atoms with Crippen molar-refractivity contribution in [2.75, 3.05) is 13.7 Å². The van der Waals surface area contributed by atoms with Crippen LogP contribution in [-0.4, -0.2) is 37.7 Å². The summed E-state index contributed by atoms with van der Waals surface area (Å²) in [4.78, 5) is 0. The topological polar surface area (TPSA) is 58.6 Å². The Morgan fingerprint density at radius 1 is 1.52 bits per heavy atom. The van der Waals surface area contributed by atoms with Gasteiger partial charge in [0.05, 0.1) is 12.7 Å². The third kappa shape index (κ3) is 2.47. The van der Waals surface area contributed by atoms with Crippen LogP contribution in [-0.2, 0) is 20.3 Å². The maximum Gasteiger partial charge on any atom is 0.241 e. The van der Waals surface area contributed by atoms with Gasteiger partial charge in [-0.3, -0.25) is 4.31 Å². The highest BCUT2D eigenvalue weighted by Crippen LogP contribution is 2.43. The molecule has 5 nitrogen and oxygen atoms in total. The fourth-order valence-corrected chi connectivity index (χ4v) is 5.64. The van der Waals surface area contributed by atoms with Gasteiger partial charge in [-0.25, -0.2) is 12.8 Å². The number of hydrogen-bond acceptors (Lipinski definition) is 4. The minimum atomic E-state index is -3.67. The Morgan fingerprint density at radius 3 is 2.91 bits per heavy atom. The van der Waals surface area contributed by atoms with Crippen LogP contribution < -0.4 is 5.32 Å². The molecule has 3 rings (SSSR count). The monoisotopic (exact) mass is 404 g/mol. The lowest BCUT2D eigenvalue weighted by atomic mass is 9.82. The van der Waals surface area contributed by atoms with E-state index in [9.17, 15) is 12.8 Å². The zero-order chi connectivity index (χ0) is 17.0. The molecule has 0 aliphatic carbocycles. The van der Waals surface area contributed by atoms with Gasteiger partial charge in [0.2, 0.25) is 10.0 Å². The van der Waals surface area contributed by atoms with Crippen molar-refractivity contribution < 1.29 is 17.5 Å². The van der Waals surface area contributed by atoms with Gasteiger partial charge < -0.3 is 10.1 Å². The van der Waals surface area contributed by atoms with Crippen molar-refractivity contribution in [3.05, 3.63) is 46.5 Å². The quantitative estimate of drug-likeness (QED) is 0.779. The van der Waals surface area contributed by atoms with Gasteiger partial charge in [0.25, 0.3) is 0 Å². The van der Waals surface area contributed by atoms with Crippen LogP contribution in [0.15, 0.2) is 35.1 Å². The number of nitrogens with zero attached hydrogens (tertiary/aromatic N) is 1. The van der Waals surface area contributed by atoms with Gasteiger partial charge in [0, 0.05) is 17.1 Å². The minimum absolute atomic E-state index is 0.0539. The summed E-state index contributed by atoms with van der Waals surface area (Å²) in [6.45, 7) is 5.64. The van der Waals surface area contributed by atoms with E-state index in [0.717, 1.165) is 4.31 Å². The van der Waals surface area contributed by atoms with Gasteiger partial charge in [0.1, 0.15) is 22.4 Å². The lowest BCUT2D eigenvalue weighted by Crippen LogP contribution is -2.68. The van der Waals surface area contributed by atoms with E-state index in [0.29, 0.717) is 4.47 Å². The van der Waals surface area contributed by atoms with E-state index in [2.05, 4.69) is 27.8 Å². The van der Waals surface area contributed by atoms with Crippen molar-refractivity contribution in [2.45, 2.75) is 30.2 Å². The summed E-state index contributed by atoms with van der Waals surface area (Å²) in [5, 5.41) is 2.27. The van der Waals surface area contributed by atoms with Crippen molar-refractivity contribution in [1.82, 2.24) is 9.62 Å². The molecule has 1 N–H and O–H groups in total. The van der Waals surface area contributed by atoms with Crippen LogP contribution in [0.1, 0.15) is 18.9 Å². The van der Waals surface area contributed by atoms with Crippen LogP contribution in [0, 0.1) is 5.82 Å². The van der Waals surface area contributed by atoms with Crippen LogP contribution in [0.3, 0.4) is 0 Å². The second-order valence-electron chi connectivity index (χ2n) is 6.03. The maximum absolute atomic E-state index is 14.5. The van der Waals surface area contributed by atoms with Gasteiger partial charge in [-0.05, 0) is 31.5 Å². The standard InChI is InChI=1S/C15H18BrFN2O3S/c1-9-6-14-15(8-22-9,12-7-11(16)4-5-13(12)17)18-10(2)19(3)23(14,20)21/h4-5,7,9,14,18H,2,6,8H2,1,3H3/t9-,14+,15+/m0/s1. The minimum Gasteiger partial charge on any atom is -0.376 e. The first-order valence-corrected chi connectivity index (χ1v) is 9.50. The second-order valence-corrected chi connectivity index (χ2v) is 9.09. The summed E-state index contributed by atoms with van der Waals surface area (Å²) < 4.78 is 47.9. The molecule has 0 spiro atoms. The molecule has 8 heteroatoms. The molecule has 23 heavy (non-hydrogen) atoms. The summed E-state index contributed by atoms with van der Waals surface area (Å²) in [5.74, 6) is -0.268. The average Bonchev–Trinajstić information content (AvgIpc) is 2.49. The molecular weight excluding hydrogens is 387 g/mol. The van der Waals surface area contributed by atoms with E-state index < -0.39 is 26.6 Å². The van der Waals surface area contributed by atoms with E-state index >= 15 is 0 Å². The van der Waals surface area contributed by atoms with Crippen LogP contribution in [0.4, 0.5) is 4.39 Å². The summed E-state index contributed by atoms with van der Waals surface area (Å²) >= 11 is 3.33. The Hall–Kier alpha value is -1.12. The first kappa shape index (κ1) is 16.7. The van der Waals surface area contributed by atoms with E-state index in [4.69, 9.17) is 4.74 Å². The van der Waals surface area contributed by atoms with Crippen molar-refractivity contribution in [3.63, 3.8) is 0 Å². The van der Waals surface area contributed by atoms with Crippen molar-refractivity contribution in [3.8, 4) is 0 Å². The zero-order valence-corrected chi connectivity index (χ0v) is 15.2. The number of nitrogens with one attached hydrogen (secondary N) is 1. The highest BCUT2D eigenvalue weighted by atomic mass is 79.9. The van der Waals surface area contributed by atoms with E-state index in [1.807, 2.05) is 6.92 Å². The Kier molecular flexibility index (Phi) is 3.97. The predicted molar refractivity (Wildman–Crippen MR) is 88.6 cm³/mol. The van der Waals surface area contributed by atoms with Crippen LogP contribution in [0.5, 0.6) is 0 Å². The molecule has 2 saturated heterocycles. The molecule has 0 unspecified atom stereocenters. The molecule has 126 valence electrons. The van der Waals surface area contributed by atoms with Gasteiger partial charge in [0.15, 0.2) is 0 Å². The number of fused-ring (bicyclic) bond motifs is 1. The SMILES string of the molecule is C=C1N[C@@]2(c3cc(Br)ccc3F)CO[C@@H](C)C[C@H]2S(=O)(=O)N1C. The molecule has 0 amide bonds. The smallest absolute Gasteiger partial charge is 0.241 e. The maximum atomic E-state index is 14.5. The largest absolute Gasteiger partial charge is 0.376 e. The second kappa shape index (κ2) is 5.46. The van der Waals surface area contributed by atoms with E-state index in [1.54, 1.807) is 12.1 Å². The highest BCUT2D eigenvalue weighted by molar-refractivity contribution is 9.10. The average molecular weight is 405 g/mol. The third-order valence-electron chi connectivity index (χ3n) is 4.59. The molecule has 3 atom stereocenters.